The van der Waals surface area contributed by atoms with Gasteiger partial charge in [0.25, 0.3) is 0 Å². The first-order chi connectivity index (χ1) is 22.2. The quantitative estimate of drug-likeness (QED) is 0.247. The third-order valence-corrected chi connectivity index (χ3v) is 8.29. The van der Waals surface area contributed by atoms with Crippen LogP contribution in [0.15, 0.2) is 55.4 Å². The van der Waals surface area contributed by atoms with Crippen LogP contribution in [0, 0.1) is 5.82 Å². The standard InChI is InChI=1S/C31H33F4N7O4/c1-3-29(43)39-22-13-23(26(44-2)14-25(22)41-10-8-40(9-11-41)19-16-45-17-19)38-27-15-28(37-18-36-27)42-24(7-12-46-42)20-5-4-6-21(30(20)32)31(33,34)35/h3-6,13-15,18-19,24H,1,7-12,16-17H2,2H3,(H,39,43)(H,36,37,38). The number of benzene rings is 2. The number of hydroxylamine groups is 1. The van der Waals surface area contributed by atoms with E-state index in [2.05, 4.69) is 37.0 Å². The van der Waals surface area contributed by atoms with E-state index in [9.17, 15) is 18.0 Å². The number of alkyl halides is 3. The molecule has 1 unspecified atom stereocenters. The zero-order valence-corrected chi connectivity index (χ0v) is 25.0. The van der Waals surface area contributed by atoms with Crippen LogP contribution >= 0.6 is 0 Å². The third kappa shape index (κ3) is 6.43. The van der Waals surface area contributed by atoms with Gasteiger partial charge in [-0.15, -0.1) is 0 Å². The number of methoxy groups -OCH3 is 1. The highest BCUT2D eigenvalue weighted by molar-refractivity contribution is 6.02. The number of aromatic nitrogens is 2. The molecule has 1 aromatic heterocycles. The lowest BCUT2D eigenvalue weighted by Gasteiger charge is -2.43. The van der Waals surface area contributed by atoms with Gasteiger partial charge < -0.3 is 25.0 Å². The van der Waals surface area contributed by atoms with Crippen molar-refractivity contribution in [2.45, 2.75) is 24.7 Å². The van der Waals surface area contributed by atoms with Crippen LogP contribution in [0.3, 0.4) is 0 Å². The first kappa shape index (κ1) is 31.5. The minimum absolute atomic E-state index is 0.150. The minimum atomic E-state index is -4.84. The number of hydrogen-bond donors (Lipinski definition) is 2. The SMILES string of the molecule is C=CC(=O)Nc1cc(Nc2cc(N3OCCC3c3cccc(C(F)(F)F)c3F)ncn2)c(OC)cc1N1CCN(C2COC2)CC1. The average Bonchev–Trinajstić information content (AvgIpc) is 3.50. The Balaban J connectivity index is 1.26. The molecule has 3 saturated heterocycles. The van der Waals surface area contributed by atoms with Crippen molar-refractivity contribution in [2.75, 3.05) is 73.7 Å². The summed E-state index contributed by atoms with van der Waals surface area (Å²) in [6.07, 6.45) is -2.15. The van der Waals surface area contributed by atoms with Crippen LogP contribution in [0.1, 0.15) is 23.6 Å². The molecule has 6 rings (SSSR count). The molecule has 3 aliphatic rings. The van der Waals surface area contributed by atoms with Gasteiger partial charge in [-0.2, -0.15) is 13.2 Å². The molecule has 0 aliphatic carbocycles. The molecule has 244 valence electrons. The van der Waals surface area contributed by atoms with Gasteiger partial charge in [0.05, 0.1) is 61.6 Å². The summed E-state index contributed by atoms with van der Waals surface area (Å²) in [5.41, 5.74) is 0.296. The van der Waals surface area contributed by atoms with E-state index in [4.69, 9.17) is 14.3 Å². The predicted molar refractivity (Wildman–Crippen MR) is 163 cm³/mol. The summed E-state index contributed by atoms with van der Waals surface area (Å²) in [4.78, 5) is 31.2. The number of amides is 1. The fourth-order valence-corrected chi connectivity index (χ4v) is 5.82. The van der Waals surface area contributed by atoms with E-state index in [1.165, 1.54) is 42.8 Å². The van der Waals surface area contributed by atoms with Crippen molar-refractivity contribution in [3.63, 3.8) is 0 Å². The molecule has 1 atom stereocenters. The Kier molecular flexibility index (Phi) is 8.97. The molecule has 2 aromatic carbocycles. The van der Waals surface area contributed by atoms with Crippen LogP contribution in [0.25, 0.3) is 0 Å². The Morgan fingerprint density at radius 2 is 1.89 bits per heavy atom. The maximum Gasteiger partial charge on any atom is 0.419 e. The largest absolute Gasteiger partial charge is 0.494 e. The molecule has 46 heavy (non-hydrogen) atoms. The number of carbonyl (C=O) groups is 1. The zero-order chi connectivity index (χ0) is 32.4. The van der Waals surface area contributed by atoms with Crippen molar-refractivity contribution in [3.05, 3.63) is 72.3 Å². The second-order valence-corrected chi connectivity index (χ2v) is 11.0. The molecule has 4 heterocycles. The van der Waals surface area contributed by atoms with E-state index < -0.39 is 23.6 Å². The first-order valence-corrected chi connectivity index (χ1v) is 14.7. The predicted octanol–water partition coefficient (Wildman–Crippen LogP) is 4.92. The molecule has 1 amide bonds. The smallest absolute Gasteiger partial charge is 0.419 e. The van der Waals surface area contributed by atoms with Crippen LogP contribution < -0.4 is 25.3 Å². The number of hydrogen-bond acceptors (Lipinski definition) is 10. The molecule has 3 aromatic rings. The summed E-state index contributed by atoms with van der Waals surface area (Å²) in [6, 6.07) is 7.88. The Morgan fingerprint density at radius 1 is 1.11 bits per heavy atom. The molecular formula is C31H33F4N7O4. The molecule has 3 aliphatic heterocycles. The van der Waals surface area contributed by atoms with E-state index in [0.29, 0.717) is 35.1 Å². The fourth-order valence-electron chi connectivity index (χ4n) is 5.82. The van der Waals surface area contributed by atoms with Gasteiger partial charge >= 0.3 is 6.18 Å². The van der Waals surface area contributed by atoms with Crippen LogP contribution in [0.2, 0.25) is 0 Å². The zero-order valence-electron chi connectivity index (χ0n) is 25.0. The van der Waals surface area contributed by atoms with E-state index in [1.54, 1.807) is 6.07 Å². The lowest BCUT2D eigenvalue weighted by atomic mass is 10.0. The van der Waals surface area contributed by atoms with Crippen LogP contribution in [-0.2, 0) is 20.5 Å². The van der Waals surface area contributed by atoms with Gasteiger partial charge in [0.2, 0.25) is 5.91 Å². The summed E-state index contributed by atoms with van der Waals surface area (Å²) >= 11 is 0. The van der Waals surface area contributed by atoms with Gasteiger partial charge in [-0.1, -0.05) is 18.7 Å². The normalized spacial score (nSPS) is 19.1. The number of ether oxygens (including phenoxy) is 2. The molecule has 0 radical (unpaired) electrons. The maximum atomic E-state index is 15.0. The Morgan fingerprint density at radius 3 is 2.57 bits per heavy atom. The first-order valence-electron chi connectivity index (χ1n) is 14.7. The number of nitrogens with one attached hydrogen (secondary N) is 2. The molecule has 0 spiro atoms. The van der Waals surface area contributed by atoms with Crippen molar-refractivity contribution in [1.82, 2.24) is 14.9 Å². The van der Waals surface area contributed by atoms with E-state index in [1.807, 2.05) is 6.07 Å². The Labute approximate surface area is 262 Å². The molecule has 15 heteroatoms. The van der Waals surface area contributed by atoms with Crippen LogP contribution in [-0.4, -0.2) is 79.9 Å². The minimum Gasteiger partial charge on any atom is -0.494 e. The number of piperazine rings is 1. The van der Waals surface area contributed by atoms with Gasteiger partial charge in [-0.05, 0) is 18.2 Å². The van der Waals surface area contributed by atoms with Gasteiger partial charge in [0.15, 0.2) is 5.82 Å². The van der Waals surface area contributed by atoms with Crippen LogP contribution in [0.5, 0.6) is 5.75 Å². The second-order valence-electron chi connectivity index (χ2n) is 11.0. The Bertz CT molecular complexity index is 1600. The summed E-state index contributed by atoms with van der Waals surface area (Å²) in [7, 11) is 1.53. The number of anilines is 5. The van der Waals surface area contributed by atoms with Crippen molar-refractivity contribution in [2.24, 2.45) is 0 Å². The fraction of sp³-hybridized carbons (Fsp3) is 0.387. The number of rotatable bonds is 9. The number of carbonyl (C=O) groups excluding carboxylic acids is 1. The monoisotopic (exact) mass is 643 g/mol. The highest BCUT2D eigenvalue weighted by atomic mass is 19.4. The third-order valence-electron chi connectivity index (χ3n) is 8.29. The summed E-state index contributed by atoms with van der Waals surface area (Å²) in [6.45, 7) is 8.37. The van der Waals surface area contributed by atoms with Gasteiger partial charge in [-0.3, -0.25) is 14.5 Å². The van der Waals surface area contributed by atoms with Crippen molar-refractivity contribution in [1.29, 1.82) is 0 Å². The molecule has 3 fully saturated rings. The van der Waals surface area contributed by atoms with Crippen molar-refractivity contribution >= 4 is 34.6 Å². The van der Waals surface area contributed by atoms with Crippen molar-refractivity contribution < 1.29 is 36.7 Å². The summed E-state index contributed by atoms with van der Waals surface area (Å²) in [5, 5.41) is 7.36. The highest BCUT2D eigenvalue weighted by Crippen LogP contribution is 2.41. The molecule has 2 N–H and O–H groups in total. The molecular weight excluding hydrogens is 610 g/mol. The van der Waals surface area contributed by atoms with Crippen LogP contribution in [0.4, 0.5) is 46.3 Å². The average molecular weight is 644 g/mol. The molecule has 11 nitrogen and oxygen atoms in total. The molecule has 0 saturated carbocycles. The van der Waals surface area contributed by atoms with Crippen molar-refractivity contribution in [3.8, 4) is 5.75 Å². The van der Waals surface area contributed by atoms with E-state index >= 15 is 4.39 Å². The number of nitrogens with zero attached hydrogens (tertiary/aromatic N) is 5. The number of halogens is 4. The topological polar surface area (TPSA) is 104 Å². The lowest BCUT2D eigenvalue weighted by molar-refractivity contribution is -0.140. The van der Waals surface area contributed by atoms with Gasteiger partial charge in [0, 0.05) is 50.3 Å². The van der Waals surface area contributed by atoms with Gasteiger partial charge in [0.1, 0.15) is 23.7 Å². The Hall–Kier alpha value is -4.47. The lowest BCUT2D eigenvalue weighted by Crippen LogP contribution is -2.56. The summed E-state index contributed by atoms with van der Waals surface area (Å²) in [5.74, 6) is -0.747. The van der Waals surface area contributed by atoms with E-state index in [0.717, 1.165) is 45.1 Å². The maximum absolute atomic E-state index is 15.0. The molecule has 0 bridgehead atoms. The summed E-state index contributed by atoms with van der Waals surface area (Å²) < 4.78 is 66.3. The van der Waals surface area contributed by atoms with Gasteiger partial charge in [-0.25, -0.2) is 19.4 Å². The second kappa shape index (κ2) is 13.1. The highest BCUT2D eigenvalue weighted by Gasteiger charge is 2.38. The van der Waals surface area contributed by atoms with E-state index in [-0.39, 0.29) is 30.3 Å².